The summed E-state index contributed by atoms with van der Waals surface area (Å²) in [7, 11) is 1.69. The molecular formula is C13H23NO4. The Labute approximate surface area is 108 Å². The lowest BCUT2D eigenvalue weighted by Gasteiger charge is -2.15. The van der Waals surface area contributed by atoms with Crippen LogP contribution in [-0.2, 0) is 14.3 Å². The second kappa shape index (κ2) is 7.36. The van der Waals surface area contributed by atoms with Crippen molar-refractivity contribution in [1.29, 1.82) is 0 Å². The van der Waals surface area contributed by atoms with Crippen LogP contribution in [0.5, 0.6) is 0 Å². The average molecular weight is 257 g/mol. The quantitative estimate of drug-likeness (QED) is 0.582. The third-order valence-corrected chi connectivity index (χ3v) is 3.50. The van der Waals surface area contributed by atoms with Gasteiger partial charge in [0.05, 0.1) is 0 Å². The van der Waals surface area contributed by atoms with Gasteiger partial charge in [0.15, 0.2) is 0 Å². The minimum atomic E-state index is -0.799. The van der Waals surface area contributed by atoms with Crippen LogP contribution in [0.15, 0.2) is 0 Å². The van der Waals surface area contributed by atoms with E-state index < -0.39 is 5.97 Å². The predicted octanol–water partition coefficient (Wildman–Crippen LogP) is 1.56. The highest BCUT2D eigenvalue weighted by Crippen LogP contribution is 2.48. The topological polar surface area (TPSA) is 75.6 Å². The first-order valence-corrected chi connectivity index (χ1v) is 6.55. The summed E-state index contributed by atoms with van der Waals surface area (Å²) in [6.07, 6.45) is 5.10. The molecule has 0 bridgehead atoms. The molecular weight excluding hydrogens is 234 g/mol. The molecule has 0 aliphatic heterocycles. The maximum Gasteiger partial charge on any atom is 0.303 e. The highest BCUT2D eigenvalue weighted by atomic mass is 16.5. The number of rotatable bonds is 10. The second-order valence-electron chi connectivity index (χ2n) is 5.12. The van der Waals surface area contributed by atoms with Crippen LogP contribution in [0.2, 0.25) is 0 Å². The lowest BCUT2D eigenvalue weighted by molar-refractivity contribution is -0.137. The standard InChI is InChI=1S/C13H23NO4/c1-18-9-8-13(6-7-13)10-14-11(15)4-2-3-5-12(16)17/h2-10H2,1H3,(H,14,15)(H,16,17). The van der Waals surface area contributed by atoms with Gasteiger partial charge >= 0.3 is 5.97 Å². The van der Waals surface area contributed by atoms with Gasteiger partial charge in [-0.25, -0.2) is 0 Å². The van der Waals surface area contributed by atoms with E-state index in [0.717, 1.165) is 32.4 Å². The normalized spacial score (nSPS) is 16.3. The number of aliphatic carboxylic acids is 1. The van der Waals surface area contributed by atoms with Crippen molar-refractivity contribution < 1.29 is 19.4 Å². The SMILES string of the molecule is COCCC1(CNC(=O)CCCCC(=O)O)CC1. The molecule has 0 saturated heterocycles. The summed E-state index contributed by atoms with van der Waals surface area (Å²) in [5.74, 6) is -0.768. The summed E-state index contributed by atoms with van der Waals surface area (Å²) < 4.78 is 5.06. The van der Waals surface area contributed by atoms with E-state index in [9.17, 15) is 9.59 Å². The molecule has 0 spiro atoms. The second-order valence-corrected chi connectivity index (χ2v) is 5.12. The maximum absolute atomic E-state index is 11.5. The summed E-state index contributed by atoms with van der Waals surface area (Å²) in [5.41, 5.74) is 0.271. The van der Waals surface area contributed by atoms with Crippen molar-refractivity contribution in [1.82, 2.24) is 5.32 Å². The Balaban J connectivity index is 2.04. The van der Waals surface area contributed by atoms with E-state index in [1.54, 1.807) is 7.11 Å². The lowest BCUT2D eigenvalue weighted by atomic mass is 10.0. The number of carboxylic acid groups (broad SMARTS) is 1. The third kappa shape index (κ3) is 6.00. The van der Waals surface area contributed by atoms with Crippen LogP contribution in [0.3, 0.4) is 0 Å². The fourth-order valence-electron chi connectivity index (χ4n) is 1.95. The molecule has 5 heteroatoms. The van der Waals surface area contributed by atoms with E-state index in [2.05, 4.69) is 5.32 Å². The number of carbonyl (C=O) groups excluding carboxylic acids is 1. The fraction of sp³-hybridized carbons (Fsp3) is 0.846. The molecule has 5 nitrogen and oxygen atoms in total. The van der Waals surface area contributed by atoms with Crippen molar-refractivity contribution >= 4 is 11.9 Å². The van der Waals surface area contributed by atoms with Gasteiger partial charge in [-0.2, -0.15) is 0 Å². The van der Waals surface area contributed by atoms with E-state index >= 15 is 0 Å². The first-order valence-electron chi connectivity index (χ1n) is 6.55. The van der Waals surface area contributed by atoms with Crippen LogP contribution in [0.1, 0.15) is 44.9 Å². The maximum atomic E-state index is 11.5. The molecule has 0 atom stereocenters. The van der Waals surface area contributed by atoms with Crippen LogP contribution >= 0.6 is 0 Å². The lowest BCUT2D eigenvalue weighted by Crippen LogP contribution is -2.30. The molecule has 0 unspecified atom stereocenters. The van der Waals surface area contributed by atoms with Crippen molar-refractivity contribution in [3.05, 3.63) is 0 Å². The van der Waals surface area contributed by atoms with Crippen LogP contribution < -0.4 is 5.32 Å². The van der Waals surface area contributed by atoms with Crippen molar-refractivity contribution in [3.8, 4) is 0 Å². The zero-order valence-electron chi connectivity index (χ0n) is 11.0. The van der Waals surface area contributed by atoms with Gasteiger partial charge in [-0.15, -0.1) is 0 Å². The Morgan fingerprint density at radius 2 is 1.94 bits per heavy atom. The molecule has 1 aliphatic rings. The largest absolute Gasteiger partial charge is 0.481 e. The first-order chi connectivity index (χ1) is 8.58. The molecule has 0 heterocycles. The number of methoxy groups -OCH3 is 1. The predicted molar refractivity (Wildman–Crippen MR) is 67.3 cm³/mol. The number of carboxylic acids is 1. The molecule has 1 fully saturated rings. The smallest absolute Gasteiger partial charge is 0.303 e. The number of carbonyl (C=O) groups is 2. The molecule has 0 aromatic heterocycles. The molecule has 0 aromatic rings. The average Bonchev–Trinajstić information content (AvgIpc) is 3.10. The third-order valence-electron chi connectivity index (χ3n) is 3.50. The van der Waals surface area contributed by atoms with Crippen molar-refractivity contribution in [2.45, 2.75) is 44.9 Å². The molecule has 1 amide bonds. The number of unbranched alkanes of at least 4 members (excludes halogenated alkanes) is 1. The van der Waals surface area contributed by atoms with Crippen LogP contribution in [0, 0.1) is 5.41 Å². The number of hydrogen-bond acceptors (Lipinski definition) is 3. The Hall–Kier alpha value is -1.10. The number of hydrogen-bond donors (Lipinski definition) is 2. The molecule has 0 radical (unpaired) electrons. The molecule has 1 aliphatic carbocycles. The number of amides is 1. The van der Waals surface area contributed by atoms with E-state index in [4.69, 9.17) is 9.84 Å². The van der Waals surface area contributed by atoms with Gasteiger partial charge in [0.25, 0.3) is 0 Å². The molecule has 18 heavy (non-hydrogen) atoms. The van der Waals surface area contributed by atoms with Crippen molar-refractivity contribution in [2.24, 2.45) is 5.41 Å². The van der Waals surface area contributed by atoms with Gasteiger partial charge in [-0.3, -0.25) is 9.59 Å². The number of ether oxygens (including phenoxy) is 1. The Morgan fingerprint density at radius 1 is 1.28 bits per heavy atom. The summed E-state index contributed by atoms with van der Waals surface area (Å²) in [6, 6.07) is 0. The van der Waals surface area contributed by atoms with Crippen LogP contribution in [0.4, 0.5) is 0 Å². The molecule has 104 valence electrons. The number of nitrogens with one attached hydrogen (secondary N) is 1. The Kier molecular flexibility index (Phi) is 6.12. The Bertz CT molecular complexity index is 287. The van der Waals surface area contributed by atoms with Gasteiger partial charge in [-0.05, 0) is 37.5 Å². The summed E-state index contributed by atoms with van der Waals surface area (Å²) in [5, 5.41) is 11.4. The molecule has 1 rings (SSSR count). The summed E-state index contributed by atoms with van der Waals surface area (Å²) in [4.78, 5) is 21.8. The molecule has 0 aromatic carbocycles. The van der Waals surface area contributed by atoms with Gasteiger partial charge in [-0.1, -0.05) is 0 Å². The van der Waals surface area contributed by atoms with Crippen molar-refractivity contribution in [2.75, 3.05) is 20.3 Å². The van der Waals surface area contributed by atoms with Gasteiger partial charge in [0.2, 0.25) is 5.91 Å². The fourth-order valence-corrected chi connectivity index (χ4v) is 1.95. The van der Waals surface area contributed by atoms with E-state index in [1.807, 2.05) is 0 Å². The van der Waals surface area contributed by atoms with Gasteiger partial charge in [0, 0.05) is 33.1 Å². The van der Waals surface area contributed by atoms with Crippen LogP contribution in [0.25, 0.3) is 0 Å². The molecule has 2 N–H and O–H groups in total. The zero-order chi connectivity index (χ0) is 13.4. The molecule has 1 saturated carbocycles. The summed E-state index contributed by atoms with van der Waals surface area (Å²) >= 11 is 0. The Morgan fingerprint density at radius 3 is 2.50 bits per heavy atom. The minimum Gasteiger partial charge on any atom is -0.481 e. The minimum absolute atomic E-state index is 0.0316. The first kappa shape index (κ1) is 15.0. The monoisotopic (exact) mass is 257 g/mol. The van der Waals surface area contributed by atoms with E-state index in [0.29, 0.717) is 19.3 Å². The van der Waals surface area contributed by atoms with Gasteiger partial charge < -0.3 is 15.2 Å². The summed E-state index contributed by atoms with van der Waals surface area (Å²) in [6.45, 7) is 1.47. The van der Waals surface area contributed by atoms with E-state index in [-0.39, 0.29) is 17.7 Å². The van der Waals surface area contributed by atoms with Crippen molar-refractivity contribution in [3.63, 3.8) is 0 Å². The zero-order valence-corrected chi connectivity index (χ0v) is 11.0. The van der Waals surface area contributed by atoms with Gasteiger partial charge in [0.1, 0.15) is 0 Å². The van der Waals surface area contributed by atoms with E-state index in [1.165, 1.54) is 0 Å². The van der Waals surface area contributed by atoms with Crippen LogP contribution in [-0.4, -0.2) is 37.2 Å². The highest BCUT2D eigenvalue weighted by Gasteiger charge is 2.41. The highest BCUT2D eigenvalue weighted by molar-refractivity contribution is 5.76.